The van der Waals surface area contributed by atoms with Gasteiger partial charge in [-0.25, -0.2) is 9.97 Å². The van der Waals surface area contributed by atoms with Crippen LogP contribution in [0.5, 0.6) is 5.75 Å². The standard InChI is InChI=1S/C24H26N4O2S2/c1-18-6-8-21(9-7-18)32-24-23(25-10-11-26-24)31-17-22(29)28-14-12-27(13-15-28)19-4-3-5-20(16-19)30-2/h3-11,16H,12-15,17H2,1-2H3. The van der Waals surface area contributed by atoms with E-state index in [0.717, 1.165) is 39.5 Å². The largest absolute Gasteiger partial charge is 0.497 e. The van der Waals surface area contributed by atoms with E-state index in [1.165, 1.54) is 17.3 Å². The number of hydrogen-bond acceptors (Lipinski definition) is 7. The summed E-state index contributed by atoms with van der Waals surface area (Å²) in [5.74, 6) is 1.34. The van der Waals surface area contributed by atoms with Gasteiger partial charge in [-0.3, -0.25) is 4.79 Å². The van der Waals surface area contributed by atoms with Crippen molar-refractivity contribution < 1.29 is 9.53 Å². The predicted octanol–water partition coefficient (Wildman–Crippen LogP) is 4.39. The summed E-state index contributed by atoms with van der Waals surface area (Å²) in [6.45, 7) is 5.11. The maximum Gasteiger partial charge on any atom is 0.233 e. The van der Waals surface area contributed by atoms with Crippen molar-refractivity contribution >= 4 is 35.1 Å². The van der Waals surface area contributed by atoms with Gasteiger partial charge in [-0.15, -0.1) is 0 Å². The highest BCUT2D eigenvalue weighted by molar-refractivity contribution is 8.02. The molecule has 1 aromatic heterocycles. The van der Waals surface area contributed by atoms with E-state index in [1.807, 2.05) is 23.1 Å². The Kier molecular flexibility index (Phi) is 7.55. The van der Waals surface area contributed by atoms with Crippen LogP contribution < -0.4 is 9.64 Å². The number of nitrogens with zero attached hydrogens (tertiary/aromatic N) is 4. The van der Waals surface area contributed by atoms with Crippen LogP contribution in [-0.4, -0.2) is 59.8 Å². The summed E-state index contributed by atoms with van der Waals surface area (Å²) in [6, 6.07) is 16.4. The summed E-state index contributed by atoms with van der Waals surface area (Å²) in [5, 5.41) is 1.62. The molecule has 1 amide bonds. The molecule has 0 saturated carbocycles. The van der Waals surface area contributed by atoms with Crippen LogP contribution in [-0.2, 0) is 4.79 Å². The highest BCUT2D eigenvalue weighted by Gasteiger charge is 2.22. The van der Waals surface area contributed by atoms with Gasteiger partial charge in [0.15, 0.2) is 0 Å². The van der Waals surface area contributed by atoms with E-state index in [-0.39, 0.29) is 5.91 Å². The number of aryl methyl sites for hydroxylation is 1. The van der Waals surface area contributed by atoms with E-state index in [2.05, 4.69) is 52.1 Å². The minimum absolute atomic E-state index is 0.136. The molecule has 0 N–H and O–H groups in total. The Morgan fingerprint density at radius 3 is 2.44 bits per heavy atom. The molecule has 0 bridgehead atoms. The van der Waals surface area contributed by atoms with Crippen molar-refractivity contribution in [2.45, 2.75) is 21.9 Å². The number of amides is 1. The van der Waals surface area contributed by atoms with Gasteiger partial charge in [0.1, 0.15) is 15.8 Å². The van der Waals surface area contributed by atoms with Crippen molar-refractivity contribution in [3.63, 3.8) is 0 Å². The van der Waals surface area contributed by atoms with Gasteiger partial charge >= 0.3 is 0 Å². The van der Waals surface area contributed by atoms with Gasteiger partial charge in [0.2, 0.25) is 5.91 Å². The average Bonchev–Trinajstić information content (AvgIpc) is 2.85. The van der Waals surface area contributed by atoms with Gasteiger partial charge in [0.25, 0.3) is 0 Å². The minimum Gasteiger partial charge on any atom is -0.497 e. The molecule has 1 saturated heterocycles. The Bertz CT molecular complexity index is 1050. The van der Waals surface area contributed by atoms with Crippen LogP contribution in [0.25, 0.3) is 0 Å². The fraction of sp³-hybridized carbons (Fsp3) is 0.292. The monoisotopic (exact) mass is 466 g/mol. The maximum absolute atomic E-state index is 12.8. The summed E-state index contributed by atoms with van der Waals surface area (Å²) in [7, 11) is 1.68. The van der Waals surface area contributed by atoms with Gasteiger partial charge in [0.05, 0.1) is 12.9 Å². The van der Waals surface area contributed by atoms with E-state index < -0.39 is 0 Å². The number of carbonyl (C=O) groups excluding carboxylic acids is 1. The Balaban J connectivity index is 1.31. The molecule has 2 heterocycles. The van der Waals surface area contributed by atoms with Gasteiger partial charge in [-0.1, -0.05) is 47.3 Å². The van der Waals surface area contributed by atoms with Gasteiger partial charge in [-0.2, -0.15) is 0 Å². The van der Waals surface area contributed by atoms with Crippen LogP contribution in [0.2, 0.25) is 0 Å². The van der Waals surface area contributed by atoms with Crippen molar-refractivity contribution in [2.75, 3.05) is 43.9 Å². The molecule has 3 aromatic rings. The van der Waals surface area contributed by atoms with Crippen molar-refractivity contribution in [1.29, 1.82) is 0 Å². The summed E-state index contributed by atoms with van der Waals surface area (Å²) >= 11 is 3.03. The molecule has 0 unspecified atom stereocenters. The third-order valence-electron chi connectivity index (χ3n) is 5.25. The number of benzene rings is 2. The van der Waals surface area contributed by atoms with Crippen LogP contribution in [0.1, 0.15) is 5.56 Å². The topological polar surface area (TPSA) is 58.6 Å². The zero-order chi connectivity index (χ0) is 22.3. The quantitative estimate of drug-likeness (QED) is 0.479. The van der Waals surface area contributed by atoms with Crippen LogP contribution in [0.15, 0.2) is 75.9 Å². The van der Waals surface area contributed by atoms with Crippen LogP contribution in [0.4, 0.5) is 5.69 Å². The third-order valence-corrected chi connectivity index (χ3v) is 7.34. The van der Waals surface area contributed by atoms with Gasteiger partial charge < -0.3 is 14.5 Å². The molecule has 166 valence electrons. The van der Waals surface area contributed by atoms with E-state index in [9.17, 15) is 4.79 Å². The second-order valence-corrected chi connectivity index (χ2v) is 9.47. The number of ether oxygens (including phenoxy) is 1. The summed E-state index contributed by atoms with van der Waals surface area (Å²) in [6.07, 6.45) is 3.37. The Morgan fingerprint density at radius 2 is 1.72 bits per heavy atom. The third kappa shape index (κ3) is 5.75. The van der Waals surface area contributed by atoms with E-state index in [4.69, 9.17) is 4.74 Å². The molecule has 6 nitrogen and oxygen atoms in total. The molecule has 1 fully saturated rings. The number of aromatic nitrogens is 2. The minimum atomic E-state index is 0.136. The normalized spacial score (nSPS) is 13.8. The summed E-state index contributed by atoms with van der Waals surface area (Å²) in [5.41, 5.74) is 2.35. The van der Waals surface area contributed by atoms with E-state index in [0.29, 0.717) is 18.8 Å². The lowest BCUT2D eigenvalue weighted by atomic mass is 10.2. The Morgan fingerprint density at radius 1 is 1.00 bits per heavy atom. The highest BCUT2D eigenvalue weighted by Crippen LogP contribution is 2.32. The lowest BCUT2D eigenvalue weighted by Gasteiger charge is -2.36. The smallest absolute Gasteiger partial charge is 0.233 e. The zero-order valence-electron chi connectivity index (χ0n) is 18.2. The van der Waals surface area contributed by atoms with Crippen molar-refractivity contribution in [2.24, 2.45) is 0 Å². The summed E-state index contributed by atoms with van der Waals surface area (Å²) < 4.78 is 5.32. The fourth-order valence-electron chi connectivity index (χ4n) is 3.44. The SMILES string of the molecule is COc1cccc(N2CCN(C(=O)CSc3nccnc3Sc3ccc(C)cc3)CC2)c1. The molecule has 0 radical (unpaired) electrons. The second-order valence-electron chi connectivity index (χ2n) is 7.44. The molecule has 1 aliphatic heterocycles. The van der Waals surface area contributed by atoms with Crippen molar-refractivity contribution in [3.8, 4) is 5.75 Å². The number of rotatable bonds is 7. The Hall–Kier alpha value is -2.71. The predicted molar refractivity (Wildman–Crippen MR) is 130 cm³/mol. The number of carbonyl (C=O) groups is 1. The van der Waals surface area contributed by atoms with Crippen molar-refractivity contribution in [3.05, 3.63) is 66.5 Å². The first-order chi connectivity index (χ1) is 15.6. The number of thioether (sulfide) groups is 1. The average molecular weight is 467 g/mol. The number of anilines is 1. The lowest BCUT2D eigenvalue weighted by Crippen LogP contribution is -2.49. The molecule has 1 aliphatic rings. The fourth-order valence-corrected chi connectivity index (χ4v) is 5.25. The molecule has 8 heteroatoms. The first-order valence-corrected chi connectivity index (χ1v) is 12.3. The number of piperazine rings is 1. The van der Waals surface area contributed by atoms with Gasteiger partial charge in [0, 0.05) is 55.2 Å². The van der Waals surface area contributed by atoms with E-state index >= 15 is 0 Å². The molecular formula is C24H26N4O2S2. The van der Waals surface area contributed by atoms with Crippen LogP contribution in [0, 0.1) is 6.92 Å². The zero-order valence-corrected chi connectivity index (χ0v) is 19.9. The van der Waals surface area contributed by atoms with Crippen LogP contribution >= 0.6 is 23.5 Å². The molecule has 0 spiro atoms. The number of hydrogen-bond donors (Lipinski definition) is 0. The maximum atomic E-state index is 12.8. The number of methoxy groups -OCH3 is 1. The first kappa shape index (κ1) is 22.5. The van der Waals surface area contributed by atoms with Crippen molar-refractivity contribution in [1.82, 2.24) is 14.9 Å². The summed E-state index contributed by atoms with van der Waals surface area (Å²) in [4.78, 5) is 27.1. The van der Waals surface area contributed by atoms with Crippen LogP contribution in [0.3, 0.4) is 0 Å². The first-order valence-electron chi connectivity index (χ1n) is 10.5. The Labute approximate surface area is 197 Å². The van der Waals surface area contributed by atoms with Gasteiger partial charge in [-0.05, 0) is 31.2 Å². The molecule has 2 aromatic carbocycles. The molecule has 0 atom stereocenters. The highest BCUT2D eigenvalue weighted by atomic mass is 32.2. The lowest BCUT2D eigenvalue weighted by molar-refractivity contribution is -0.128. The molecule has 32 heavy (non-hydrogen) atoms. The molecule has 0 aliphatic carbocycles. The molecule has 4 rings (SSSR count). The molecular weight excluding hydrogens is 440 g/mol. The van der Waals surface area contributed by atoms with E-state index in [1.54, 1.807) is 31.3 Å². The second kappa shape index (κ2) is 10.7.